The summed E-state index contributed by atoms with van der Waals surface area (Å²) in [5.74, 6) is 0.759. The quantitative estimate of drug-likeness (QED) is 0.249. The molecule has 2 aliphatic carbocycles. The number of aliphatic imine (C=N–C) groups is 1. The van der Waals surface area contributed by atoms with Gasteiger partial charge in [0.05, 0.1) is 24.7 Å². The van der Waals surface area contributed by atoms with Crippen molar-refractivity contribution in [1.82, 2.24) is 10.6 Å². The van der Waals surface area contributed by atoms with Gasteiger partial charge < -0.3 is 20.5 Å². The average molecular weight is 453 g/mol. The number of nitrogens with zero attached hydrogens (tertiary/aromatic N) is 1. The van der Waals surface area contributed by atoms with Gasteiger partial charge >= 0.3 is 5.97 Å². The summed E-state index contributed by atoms with van der Waals surface area (Å²) in [6, 6.07) is 0.328. The lowest BCUT2D eigenvalue weighted by Gasteiger charge is -2.35. The number of ether oxygens (including phenoxy) is 1. The van der Waals surface area contributed by atoms with Crippen molar-refractivity contribution in [3.05, 3.63) is 0 Å². The predicted molar refractivity (Wildman–Crippen MR) is 106 cm³/mol. The van der Waals surface area contributed by atoms with Crippen LogP contribution in [-0.4, -0.2) is 48.4 Å². The third-order valence-corrected chi connectivity index (χ3v) is 4.85. The van der Waals surface area contributed by atoms with Crippen molar-refractivity contribution in [2.45, 2.75) is 70.4 Å². The maximum Gasteiger partial charge on any atom is 0.308 e. The van der Waals surface area contributed by atoms with E-state index in [1.54, 1.807) is 0 Å². The lowest BCUT2D eigenvalue weighted by Crippen LogP contribution is -2.47. The third kappa shape index (κ3) is 6.38. The van der Waals surface area contributed by atoms with Crippen LogP contribution in [-0.2, 0) is 9.53 Å². The molecule has 0 radical (unpaired) electrons. The molecule has 0 heterocycles. The van der Waals surface area contributed by atoms with E-state index < -0.39 is 5.60 Å². The number of carbonyl (C=O) groups excluding carboxylic acids is 1. The fourth-order valence-corrected chi connectivity index (χ4v) is 3.22. The van der Waals surface area contributed by atoms with E-state index in [2.05, 4.69) is 15.6 Å². The molecule has 0 bridgehead atoms. The maximum absolute atomic E-state index is 11.8. The number of nitrogens with one attached hydrogen (secondary N) is 2. The number of rotatable bonds is 6. The molecule has 0 spiro atoms. The maximum atomic E-state index is 11.8. The molecule has 0 aromatic rings. The number of aliphatic hydroxyl groups is 1. The topological polar surface area (TPSA) is 83.0 Å². The highest BCUT2D eigenvalue weighted by Gasteiger charge is 2.34. The molecule has 24 heavy (non-hydrogen) atoms. The first-order valence-electron chi connectivity index (χ1n) is 9.00. The van der Waals surface area contributed by atoms with Gasteiger partial charge in [0.1, 0.15) is 0 Å². The van der Waals surface area contributed by atoms with Gasteiger partial charge in [-0.2, -0.15) is 0 Å². The van der Waals surface area contributed by atoms with E-state index in [-0.39, 0.29) is 35.9 Å². The molecular weight excluding hydrogens is 421 g/mol. The van der Waals surface area contributed by atoms with E-state index in [0.29, 0.717) is 19.2 Å². The van der Waals surface area contributed by atoms with E-state index in [9.17, 15) is 9.90 Å². The Balaban J connectivity index is 0.00000288. The molecule has 2 saturated carbocycles. The number of hydrogen-bond acceptors (Lipinski definition) is 4. The summed E-state index contributed by atoms with van der Waals surface area (Å²) in [7, 11) is 0. The summed E-state index contributed by atoms with van der Waals surface area (Å²) in [6.07, 6.45) is 6.39. The molecule has 3 N–H and O–H groups in total. The highest BCUT2D eigenvalue weighted by atomic mass is 127. The average Bonchev–Trinajstić information content (AvgIpc) is 2.52. The molecule has 2 rings (SSSR count). The van der Waals surface area contributed by atoms with Crippen molar-refractivity contribution >= 4 is 35.9 Å². The van der Waals surface area contributed by atoms with Crippen LogP contribution >= 0.6 is 24.0 Å². The Bertz CT molecular complexity index is 419. The van der Waals surface area contributed by atoms with Crippen LogP contribution in [0.3, 0.4) is 0 Å². The van der Waals surface area contributed by atoms with E-state index in [0.717, 1.165) is 57.5 Å². The number of hydrogen-bond donors (Lipinski definition) is 3. The zero-order chi connectivity index (χ0) is 16.7. The fourth-order valence-electron chi connectivity index (χ4n) is 3.22. The van der Waals surface area contributed by atoms with Gasteiger partial charge in [-0.05, 0) is 58.8 Å². The molecule has 2 aliphatic rings. The molecule has 140 valence electrons. The lowest BCUT2D eigenvalue weighted by molar-refractivity contribution is -0.149. The number of guanidine groups is 1. The van der Waals surface area contributed by atoms with Crippen molar-refractivity contribution in [2.75, 3.05) is 19.7 Å². The van der Waals surface area contributed by atoms with Crippen LogP contribution in [0.1, 0.15) is 58.8 Å². The molecule has 6 nitrogen and oxygen atoms in total. The Hall–Kier alpha value is -0.570. The van der Waals surface area contributed by atoms with E-state index in [4.69, 9.17) is 4.74 Å². The predicted octanol–water partition coefficient (Wildman–Crippen LogP) is 2.20. The Morgan fingerprint density at radius 1 is 1.25 bits per heavy atom. The molecule has 7 heteroatoms. The van der Waals surface area contributed by atoms with Gasteiger partial charge in [0.15, 0.2) is 5.96 Å². The summed E-state index contributed by atoms with van der Waals surface area (Å²) in [5.41, 5.74) is -0.593. The van der Waals surface area contributed by atoms with E-state index in [1.807, 2.05) is 13.8 Å². The Morgan fingerprint density at radius 2 is 1.92 bits per heavy atom. The molecule has 0 saturated heterocycles. The summed E-state index contributed by atoms with van der Waals surface area (Å²) in [4.78, 5) is 16.3. The number of carbonyl (C=O) groups is 1. The minimum Gasteiger partial charge on any atom is -0.466 e. The number of halogens is 1. The third-order valence-electron chi connectivity index (χ3n) is 4.85. The van der Waals surface area contributed by atoms with Crippen molar-refractivity contribution in [3.63, 3.8) is 0 Å². The van der Waals surface area contributed by atoms with Crippen molar-refractivity contribution in [3.8, 4) is 0 Å². The second kappa shape index (κ2) is 10.4. The minimum atomic E-state index is -0.593. The second-order valence-electron chi connectivity index (χ2n) is 6.72. The molecule has 2 fully saturated rings. The van der Waals surface area contributed by atoms with Crippen LogP contribution in [0.5, 0.6) is 0 Å². The SMILES string of the molecule is CCNC(=NCC1(O)CCC1)NC1CCC(C(=O)OCC)CC1.I. The highest BCUT2D eigenvalue weighted by Crippen LogP contribution is 2.31. The first-order valence-corrected chi connectivity index (χ1v) is 9.00. The normalized spacial score (nSPS) is 25.9. The fraction of sp³-hybridized carbons (Fsp3) is 0.882. The smallest absolute Gasteiger partial charge is 0.308 e. The van der Waals surface area contributed by atoms with Crippen LogP contribution < -0.4 is 10.6 Å². The van der Waals surface area contributed by atoms with Gasteiger partial charge in [-0.1, -0.05) is 0 Å². The van der Waals surface area contributed by atoms with Gasteiger partial charge in [0.2, 0.25) is 0 Å². The van der Waals surface area contributed by atoms with Gasteiger partial charge in [-0.3, -0.25) is 9.79 Å². The molecule has 0 unspecified atom stereocenters. The molecular formula is C17H32IN3O3. The largest absolute Gasteiger partial charge is 0.466 e. The van der Waals surface area contributed by atoms with Crippen LogP contribution in [0.4, 0.5) is 0 Å². The Kier molecular flexibility index (Phi) is 9.33. The zero-order valence-electron chi connectivity index (χ0n) is 14.8. The van der Waals surface area contributed by atoms with Crippen LogP contribution in [0.2, 0.25) is 0 Å². The highest BCUT2D eigenvalue weighted by molar-refractivity contribution is 14.0. The number of esters is 1. The summed E-state index contributed by atoms with van der Waals surface area (Å²) in [5, 5.41) is 16.9. The lowest BCUT2D eigenvalue weighted by atomic mass is 9.80. The monoisotopic (exact) mass is 453 g/mol. The van der Waals surface area contributed by atoms with Crippen LogP contribution in [0.15, 0.2) is 4.99 Å². The molecule has 0 aromatic heterocycles. The van der Waals surface area contributed by atoms with Crippen LogP contribution in [0.25, 0.3) is 0 Å². The minimum absolute atomic E-state index is 0. The first kappa shape index (κ1) is 21.5. The summed E-state index contributed by atoms with van der Waals surface area (Å²) >= 11 is 0. The zero-order valence-corrected chi connectivity index (χ0v) is 17.2. The van der Waals surface area contributed by atoms with Crippen molar-refractivity contribution in [2.24, 2.45) is 10.9 Å². The molecule has 0 atom stereocenters. The molecule has 0 aliphatic heterocycles. The van der Waals surface area contributed by atoms with E-state index >= 15 is 0 Å². The van der Waals surface area contributed by atoms with Gasteiger partial charge in [-0.15, -0.1) is 24.0 Å². The van der Waals surface area contributed by atoms with Crippen molar-refractivity contribution in [1.29, 1.82) is 0 Å². The first-order chi connectivity index (χ1) is 11.1. The second-order valence-corrected chi connectivity index (χ2v) is 6.72. The standard InChI is InChI=1S/C17H31N3O3.HI/c1-3-18-16(19-12-17(22)10-5-11-17)20-14-8-6-13(7-9-14)15(21)23-4-2;/h13-14,22H,3-12H2,1-2H3,(H2,18,19,20);1H. The van der Waals surface area contributed by atoms with Gasteiger partial charge in [0.25, 0.3) is 0 Å². The van der Waals surface area contributed by atoms with Crippen LogP contribution in [0, 0.1) is 5.92 Å². The van der Waals surface area contributed by atoms with Gasteiger partial charge in [-0.25, -0.2) is 0 Å². The Morgan fingerprint density at radius 3 is 2.42 bits per heavy atom. The van der Waals surface area contributed by atoms with Gasteiger partial charge in [0, 0.05) is 12.6 Å². The van der Waals surface area contributed by atoms with Crippen molar-refractivity contribution < 1.29 is 14.6 Å². The summed E-state index contributed by atoms with van der Waals surface area (Å²) in [6.45, 7) is 5.59. The Labute approximate surface area is 162 Å². The molecule has 0 amide bonds. The molecule has 0 aromatic carbocycles. The summed E-state index contributed by atoms with van der Waals surface area (Å²) < 4.78 is 5.11. The van der Waals surface area contributed by atoms with E-state index in [1.165, 1.54) is 0 Å².